The van der Waals surface area contributed by atoms with Crippen LogP contribution in [0, 0.1) is 0 Å². The minimum absolute atomic E-state index is 1.36. The molecule has 0 amide bonds. The predicted molar refractivity (Wildman–Crippen MR) is 336 cm³/mol. The van der Waals surface area contributed by atoms with E-state index in [1.54, 1.807) is 0 Å². The minimum atomic E-state index is 1.36. The van der Waals surface area contributed by atoms with Crippen molar-refractivity contribution in [2.75, 3.05) is 0 Å². The van der Waals surface area contributed by atoms with Crippen LogP contribution in [0.15, 0.2) is 0 Å². The Morgan fingerprint density at radius 1 is 0.0714 bits per heavy atom. The summed E-state index contributed by atoms with van der Waals surface area (Å²) in [6, 6.07) is 0. The molecule has 0 atom stereocenters. The van der Waals surface area contributed by atoms with Crippen LogP contribution in [0.2, 0.25) is 0 Å². The second-order valence-electron chi connectivity index (χ2n) is 22.3. The van der Waals surface area contributed by atoms with Gasteiger partial charge in [0.05, 0.1) is 0 Å². The minimum Gasteiger partial charge on any atom is -0.0654 e. The molecular formula is C70H152. The highest BCUT2D eigenvalue weighted by molar-refractivity contribution is 4.51. The fourth-order valence-corrected chi connectivity index (χ4v) is 9.01. The molecule has 0 unspecified atom stereocenters. The van der Waals surface area contributed by atoms with E-state index >= 15 is 0 Å². The van der Waals surface area contributed by atoms with Crippen LogP contribution < -0.4 is 0 Å². The van der Waals surface area contributed by atoms with Crippen LogP contribution >= 0.6 is 0 Å². The van der Waals surface area contributed by atoms with Crippen LogP contribution in [0.1, 0.15) is 455 Å². The normalized spacial score (nSPS) is 10.5. The molecule has 0 aromatic carbocycles. The Labute approximate surface area is 453 Å². The average Bonchev–Trinajstić information content (AvgIpc) is 3.38. The molecule has 0 aliphatic heterocycles. The van der Waals surface area contributed by atoms with Gasteiger partial charge in [-0.05, 0) is 0 Å². The van der Waals surface area contributed by atoms with E-state index in [2.05, 4.69) is 83.1 Å². The number of hydrogen-bond acceptors (Lipinski definition) is 0. The lowest BCUT2D eigenvalue weighted by atomic mass is 10.0. The predicted octanol–water partition coefficient (Wildman–Crippen LogP) is 28.8. The van der Waals surface area contributed by atoms with Crippen LogP contribution in [0.3, 0.4) is 0 Å². The van der Waals surface area contributed by atoms with Gasteiger partial charge in [-0.3, -0.25) is 0 Å². The first kappa shape index (κ1) is 81.4. The Balaban J connectivity index is -0.000000179. The topological polar surface area (TPSA) is 0 Å². The summed E-state index contributed by atoms with van der Waals surface area (Å²) in [6.45, 7) is 27.3. The van der Waals surface area contributed by atoms with E-state index in [1.807, 2.05) is 0 Å². The molecule has 0 nitrogen and oxygen atoms in total. The van der Waals surface area contributed by atoms with Gasteiger partial charge in [0.2, 0.25) is 0 Å². The summed E-state index contributed by atoms with van der Waals surface area (Å²) >= 11 is 0. The summed E-state index contributed by atoms with van der Waals surface area (Å²) < 4.78 is 0. The molecule has 0 N–H and O–H groups in total. The smallest absolute Gasteiger partial charge is 0.0533 e. The lowest BCUT2D eigenvalue weighted by molar-refractivity contribution is 0.538. The van der Waals surface area contributed by atoms with Crippen LogP contribution in [0.4, 0.5) is 0 Å². The molecule has 0 bridgehead atoms. The molecule has 0 aromatic heterocycles. The largest absolute Gasteiger partial charge is 0.0654 e. The van der Waals surface area contributed by atoms with Crippen molar-refractivity contribution in [2.24, 2.45) is 0 Å². The van der Waals surface area contributed by atoms with Crippen LogP contribution in [0.25, 0.3) is 0 Å². The van der Waals surface area contributed by atoms with Crippen LogP contribution in [-0.4, -0.2) is 0 Å². The molecular weight excluding hydrogens is 841 g/mol. The number of rotatable bonds is 52. The van der Waals surface area contributed by atoms with Gasteiger partial charge in [-0.1, -0.05) is 455 Å². The van der Waals surface area contributed by atoms with E-state index in [0.29, 0.717) is 0 Å². The molecule has 0 radical (unpaired) electrons. The van der Waals surface area contributed by atoms with E-state index in [1.165, 1.54) is 372 Å². The van der Waals surface area contributed by atoms with Crippen molar-refractivity contribution in [2.45, 2.75) is 455 Å². The molecule has 0 fully saturated rings. The van der Waals surface area contributed by atoms with Gasteiger partial charge in [-0.15, -0.1) is 0 Å². The maximum atomic E-state index is 2.29. The zero-order valence-corrected chi connectivity index (χ0v) is 53.0. The van der Waals surface area contributed by atoms with Gasteiger partial charge in [0.1, 0.15) is 0 Å². The van der Waals surface area contributed by atoms with E-state index < -0.39 is 0 Å². The quantitative estimate of drug-likeness (QED) is 0.0533. The third-order valence-corrected chi connectivity index (χ3v) is 14.2. The first-order chi connectivity index (χ1) is 34.5. The molecule has 70 heavy (non-hydrogen) atoms. The van der Waals surface area contributed by atoms with Gasteiger partial charge in [-0.25, -0.2) is 0 Å². The zero-order chi connectivity index (χ0) is 53.0. The third kappa shape index (κ3) is 113. The second-order valence-corrected chi connectivity index (χ2v) is 22.3. The lowest BCUT2D eigenvalue weighted by Crippen LogP contribution is -1.82. The summed E-state index contributed by atoms with van der Waals surface area (Å²) in [5.74, 6) is 0. The highest BCUT2D eigenvalue weighted by Gasteiger charge is 1.95. The molecule has 0 heterocycles. The highest BCUT2D eigenvalue weighted by atomic mass is 14.0. The summed E-state index contributed by atoms with van der Waals surface area (Å²) in [6.07, 6.45) is 83.7. The fourth-order valence-electron chi connectivity index (χ4n) is 9.01. The molecule has 0 spiro atoms. The zero-order valence-electron chi connectivity index (χ0n) is 53.0. The average molecular weight is 994 g/mol. The van der Waals surface area contributed by atoms with Crippen molar-refractivity contribution in [1.29, 1.82) is 0 Å². The molecule has 0 aromatic rings. The van der Waals surface area contributed by atoms with Gasteiger partial charge in [0, 0.05) is 0 Å². The van der Waals surface area contributed by atoms with E-state index in [0.717, 1.165) is 0 Å². The number of hydrogen-bond donors (Lipinski definition) is 0. The summed E-state index contributed by atoms with van der Waals surface area (Å²) in [5, 5.41) is 0. The Bertz CT molecular complexity index is 624. The molecule has 0 heteroatoms. The molecule has 0 aliphatic carbocycles. The summed E-state index contributed by atoms with van der Waals surface area (Å²) in [7, 11) is 0. The van der Waals surface area contributed by atoms with Crippen molar-refractivity contribution in [1.82, 2.24) is 0 Å². The Kier molecular flexibility index (Phi) is 110. The Hall–Kier alpha value is 0. The first-order valence-corrected chi connectivity index (χ1v) is 34.5. The van der Waals surface area contributed by atoms with E-state index in [-0.39, 0.29) is 0 Å². The van der Waals surface area contributed by atoms with Gasteiger partial charge >= 0.3 is 0 Å². The maximum absolute atomic E-state index is 2.29. The van der Waals surface area contributed by atoms with Gasteiger partial charge < -0.3 is 0 Å². The third-order valence-electron chi connectivity index (χ3n) is 14.2. The molecule has 0 saturated heterocycles. The van der Waals surface area contributed by atoms with Crippen molar-refractivity contribution in [3.8, 4) is 0 Å². The first-order valence-electron chi connectivity index (χ1n) is 34.5. The van der Waals surface area contributed by atoms with Crippen molar-refractivity contribution >= 4 is 0 Å². The van der Waals surface area contributed by atoms with Gasteiger partial charge in [0.15, 0.2) is 0 Å². The maximum Gasteiger partial charge on any atom is -0.0533 e. The molecule has 0 rings (SSSR count). The number of unbranched alkanes of at least 4 members (excludes halogenated alkanes) is 52. The van der Waals surface area contributed by atoms with Crippen LogP contribution in [-0.2, 0) is 0 Å². The monoisotopic (exact) mass is 993 g/mol. The van der Waals surface area contributed by atoms with Crippen molar-refractivity contribution in [3.05, 3.63) is 0 Å². The van der Waals surface area contributed by atoms with Gasteiger partial charge in [0.25, 0.3) is 0 Å². The molecule has 432 valence electrons. The highest BCUT2D eigenvalue weighted by Crippen LogP contribution is 2.15. The molecule has 0 aliphatic rings. The Morgan fingerprint density at radius 2 is 0.114 bits per heavy atom. The summed E-state index contributed by atoms with van der Waals surface area (Å²) in [5.41, 5.74) is 0. The van der Waals surface area contributed by atoms with Crippen LogP contribution in [0.5, 0.6) is 0 Å². The van der Waals surface area contributed by atoms with E-state index in [9.17, 15) is 0 Å². The second kappa shape index (κ2) is 94.8. The van der Waals surface area contributed by atoms with Gasteiger partial charge in [-0.2, -0.15) is 0 Å². The standard InChI is InChI=1S/C16H34.C15H32.C12H26.C10H22.C9H20.C8H18/c1-3-5-7-9-11-13-15-16-14-12-10-8-6-4-2;1-3-5-7-9-11-13-15-14-12-10-8-6-4-2;1-3-5-7-9-11-12-10-8-6-4-2;1-3-5-7-9-10-8-6-4-2;1-3-5-7-9-8-6-4-2;1-3-5-7-8-6-4-2/h3-16H2,1-2H3;3-15H2,1-2H3;3-12H2,1-2H3;3-10H2,1-2H3;3-9H2,1-2H3;3-8H2,1-2H3. The molecule has 0 saturated carbocycles. The van der Waals surface area contributed by atoms with Crippen molar-refractivity contribution < 1.29 is 0 Å². The fraction of sp³-hybridized carbons (Fsp3) is 1.00. The summed E-state index contributed by atoms with van der Waals surface area (Å²) in [4.78, 5) is 0. The SMILES string of the molecule is CCCCCCCC.CCCCCCCCC.CCCCCCCCCC.CCCCCCCCCCCC.CCCCCCCCCCCCCCC.CCCCCCCCCCCCCCCC. The van der Waals surface area contributed by atoms with Crippen molar-refractivity contribution in [3.63, 3.8) is 0 Å². The Morgan fingerprint density at radius 3 is 0.157 bits per heavy atom. The lowest BCUT2D eigenvalue weighted by Gasteiger charge is -2.02. The van der Waals surface area contributed by atoms with E-state index in [4.69, 9.17) is 0 Å².